The van der Waals surface area contributed by atoms with Crippen molar-refractivity contribution in [3.05, 3.63) is 164 Å². The molecule has 0 unspecified atom stereocenters. The molecule has 8 nitrogen and oxygen atoms in total. The van der Waals surface area contributed by atoms with Gasteiger partial charge in [0.25, 0.3) is 0 Å². The monoisotopic (exact) mass is 666 g/mol. The molecule has 0 amide bonds. The Morgan fingerprint density at radius 3 is 1.46 bits per heavy atom. The lowest BCUT2D eigenvalue weighted by atomic mass is 10.0. The normalized spacial score (nSPS) is 11.4. The van der Waals surface area contributed by atoms with Crippen molar-refractivity contribution in [2.45, 2.75) is 0 Å². The summed E-state index contributed by atoms with van der Waals surface area (Å²) in [4.78, 5) is 23.0. The number of hydrogen-bond acceptors (Lipinski definition) is 6. The van der Waals surface area contributed by atoms with E-state index >= 15 is 0 Å². The van der Waals surface area contributed by atoms with E-state index in [-0.39, 0.29) is 0 Å². The van der Waals surface area contributed by atoms with E-state index in [0.29, 0.717) is 17.2 Å². The Morgan fingerprint density at radius 1 is 0.442 bits per heavy atom. The van der Waals surface area contributed by atoms with Crippen molar-refractivity contribution < 1.29 is 0 Å². The smallest absolute Gasteiger partial charge is 0.159 e. The Hall–Kier alpha value is -7.50. The molecule has 10 aromatic rings. The van der Waals surface area contributed by atoms with E-state index in [9.17, 15) is 5.26 Å². The number of para-hydroxylation sites is 2. The highest BCUT2D eigenvalue weighted by molar-refractivity contribution is 6.13. The van der Waals surface area contributed by atoms with E-state index in [0.717, 1.165) is 77.2 Å². The molecule has 52 heavy (non-hydrogen) atoms. The average Bonchev–Trinajstić information content (AvgIpc) is 3.73. The van der Waals surface area contributed by atoms with Crippen molar-refractivity contribution in [2.24, 2.45) is 0 Å². The van der Waals surface area contributed by atoms with Gasteiger partial charge in [0, 0.05) is 63.0 Å². The Bertz CT molecular complexity index is 2850. The van der Waals surface area contributed by atoms with Gasteiger partial charge in [0.05, 0.1) is 57.5 Å². The van der Waals surface area contributed by atoms with Gasteiger partial charge in [-0.1, -0.05) is 48.5 Å². The van der Waals surface area contributed by atoms with E-state index in [1.807, 2.05) is 42.7 Å². The number of rotatable bonds is 5. The van der Waals surface area contributed by atoms with Crippen LogP contribution in [0.15, 0.2) is 159 Å². The first-order chi connectivity index (χ1) is 25.8. The fourth-order valence-electron chi connectivity index (χ4n) is 7.46. The maximum atomic E-state index is 10.0. The van der Waals surface area contributed by atoms with Crippen molar-refractivity contribution in [3.8, 4) is 51.3 Å². The van der Waals surface area contributed by atoms with Crippen LogP contribution in [0.2, 0.25) is 0 Å². The maximum absolute atomic E-state index is 10.0. The van der Waals surface area contributed by atoms with Crippen molar-refractivity contribution in [3.63, 3.8) is 0 Å². The van der Waals surface area contributed by atoms with Gasteiger partial charge < -0.3 is 9.13 Å². The minimum Gasteiger partial charge on any atom is -0.307 e. The molecule has 0 bridgehead atoms. The number of fused-ring (bicyclic) bond motifs is 6. The second-order valence-electron chi connectivity index (χ2n) is 12.6. The molecular weight excluding hydrogens is 641 g/mol. The van der Waals surface area contributed by atoms with Crippen LogP contribution in [-0.2, 0) is 0 Å². The van der Waals surface area contributed by atoms with Crippen LogP contribution in [0.1, 0.15) is 5.56 Å². The molecule has 242 valence electrons. The Morgan fingerprint density at radius 2 is 0.942 bits per heavy atom. The SMILES string of the molecule is N#Cc1cccc(-c2c(-n3c4ccccc4c4cc(-c5ncccn5)ccc43)cncc2-n2c3ccccc3c3cc(-c4ncccn4)ccc32)c1. The van der Waals surface area contributed by atoms with E-state index in [1.54, 1.807) is 24.8 Å². The topological polar surface area (TPSA) is 98.1 Å². The standard InChI is InChI=1S/C44H26N8/c45-25-28-8-5-9-29(22-28)42-40(51-36-12-3-1-10-32(36)34-23-30(14-16-38(34)51)43-47-18-6-19-48-43)26-46-27-41(42)52-37-13-4-2-11-33(37)35-24-31(15-17-39(35)52)44-49-20-7-21-50-44/h1-24,26-27H. The first-order valence-corrected chi connectivity index (χ1v) is 16.9. The molecule has 0 fully saturated rings. The molecule has 5 aromatic heterocycles. The summed E-state index contributed by atoms with van der Waals surface area (Å²) in [6.07, 6.45) is 10.9. The van der Waals surface area contributed by atoms with Crippen molar-refractivity contribution in [2.75, 3.05) is 0 Å². The van der Waals surface area contributed by atoms with Crippen LogP contribution in [0.4, 0.5) is 0 Å². The molecule has 0 aliphatic carbocycles. The highest BCUT2D eigenvalue weighted by Crippen LogP contribution is 2.42. The van der Waals surface area contributed by atoms with Gasteiger partial charge in [0.1, 0.15) is 0 Å². The molecule has 0 saturated heterocycles. The summed E-state index contributed by atoms with van der Waals surface area (Å²) in [5, 5.41) is 14.4. The zero-order valence-electron chi connectivity index (χ0n) is 27.6. The molecule has 0 N–H and O–H groups in total. The predicted octanol–water partition coefficient (Wildman–Crippen LogP) is 9.73. The predicted molar refractivity (Wildman–Crippen MR) is 205 cm³/mol. The van der Waals surface area contributed by atoms with Crippen LogP contribution >= 0.6 is 0 Å². The van der Waals surface area contributed by atoms with E-state index in [4.69, 9.17) is 4.98 Å². The summed E-state index contributed by atoms with van der Waals surface area (Å²) in [7, 11) is 0. The summed E-state index contributed by atoms with van der Waals surface area (Å²) in [6, 6.07) is 43.4. The van der Waals surface area contributed by atoms with Gasteiger partial charge in [-0.3, -0.25) is 4.98 Å². The largest absolute Gasteiger partial charge is 0.307 e. The van der Waals surface area contributed by atoms with Gasteiger partial charge in [-0.05, 0) is 78.4 Å². The maximum Gasteiger partial charge on any atom is 0.159 e. The van der Waals surface area contributed by atoms with Crippen LogP contribution < -0.4 is 0 Å². The molecular formula is C44H26N8. The van der Waals surface area contributed by atoms with Crippen molar-refractivity contribution in [1.82, 2.24) is 34.1 Å². The van der Waals surface area contributed by atoms with Crippen LogP contribution in [0.3, 0.4) is 0 Å². The molecule has 0 radical (unpaired) electrons. The summed E-state index contributed by atoms with van der Waals surface area (Å²) in [6.45, 7) is 0. The first-order valence-electron chi connectivity index (χ1n) is 16.9. The first kappa shape index (κ1) is 29.4. The van der Waals surface area contributed by atoms with E-state index in [2.05, 4.69) is 126 Å². The lowest BCUT2D eigenvalue weighted by Crippen LogP contribution is -2.05. The summed E-state index contributed by atoms with van der Waals surface area (Å²) >= 11 is 0. The number of nitrogens with zero attached hydrogens (tertiary/aromatic N) is 8. The number of hydrogen-bond donors (Lipinski definition) is 0. The van der Waals surface area contributed by atoms with Crippen LogP contribution in [0.25, 0.3) is 88.9 Å². The van der Waals surface area contributed by atoms with Gasteiger partial charge in [-0.15, -0.1) is 0 Å². The van der Waals surface area contributed by atoms with Gasteiger partial charge in [-0.25, -0.2) is 19.9 Å². The van der Waals surface area contributed by atoms with Gasteiger partial charge >= 0.3 is 0 Å². The summed E-state index contributed by atoms with van der Waals surface area (Å²) in [5.41, 5.74) is 10.2. The van der Waals surface area contributed by atoms with Gasteiger partial charge in [0.2, 0.25) is 0 Å². The molecule has 5 heterocycles. The summed E-state index contributed by atoms with van der Waals surface area (Å²) in [5.74, 6) is 1.35. The van der Waals surface area contributed by atoms with E-state index in [1.165, 1.54) is 0 Å². The average molecular weight is 667 g/mol. The fourth-order valence-corrected chi connectivity index (χ4v) is 7.46. The molecule has 8 heteroatoms. The second-order valence-corrected chi connectivity index (χ2v) is 12.6. The molecule has 0 aliphatic heterocycles. The van der Waals surface area contributed by atoms with Gasteiger partial charge in [-0.2, -0.15) is 5.26 Å². The highest BCUT2D eigenvalue weighted by atomic mass is 15.0. The van der Waals surface area contributed by atoms with Crippen molar-refractivity contribution in [1.29, 1.82) is 5.26 Å². The van der Waals surface area contributed by atoms with Crippen LogP contribution in [-0.4, -0.2) is 34.1 Å². The molecule has 5 aromatic carbocycles. The Labute approximate surface area is 297 Å². The third-order valence-corrected chi connectivity index (χ3v) is 9.66. The van der Waals surface area contributed by atoms with Crippen molar-refractivity contribution >= 4 is 43.6 Å². The molecule has 0 atom stereocenters. The molecule has 0 aliphatic rings. The number of benzene rings is 5. The second kappa shape index (κ2) is 11.8. The number of nitriles is 1. The Balaban J connectivity index is 1.30. The Kier molecular flexibility index (Phi) is 6.69. The van der Waals surface area contributed by atoms with E-state index < -0.39 is 0 Å². The minimum atomic E-state index is 0.579. The highest BCUT2D eigenvalue weighted by Gasteiger charge is 2.23. The van der Waals surface area contributed by atoms with Gasteiger partial charge in [0.15, 0.2) is 11.6 Å². The third kappa shape index (κ3) is 4.57. The lowest BCUT2D eigenvalue weighted by molar-refractivity contribution is 1.09. The van der Waals surface area contributed by atoms with Crippen LogP contribution in [0.5, 0.6) is 0 Å². The quantitative estimate of drug-likeness (QED) is 0.181. The fraction of sp³-hybridized carbons (Fsp3) is 0. The minimum absolute atomic E-state index is 0.579. The molecule has 0 saturated carbocycles. The summed E-state index contributed by atoms with van der Waals surface area (Å²) < 4.78 is 4.56. The number of aromatic nitrogens is 7. The zero-order chi connectivity index (χ0) is 34.6. The number of pyridine rings is 1. The lowest BCUT2D eigenvalue weighted by Gasteiger charge is -2.19. The third-order valence-electron chi connectivity index (χ3n) is 9.66. The molecule has 10 rings (SSSR count). The zero-order valence-corrected chi connectivity index (χ0v) is 27.6. The molecule has 0 spiro atoms. The van der Waals surface area contributed by atoms with Crippen LogP contribution in [0, 0.1) is 11.3 Å².